The van der Waals surface area contributed by atoms with Gasteiger partial charge in [0.2, 0.25) is 0 Å². The van der Waals surface area contributed by atoms with Crippen molar-refractivity contribution in [2.45, 2.75) is 84.2 Å². The summed E-state index contributed by atoms with van der Waals surface area (Å²) in [5, 5.41) is 16.2. The summed E-state index contributed by atoms with van der Waals surface area (Å²) in [7, 11) is 0. The number of unbranched alkanes of at least 4 members (excludes halogenated alkanes) is 8. The van der Waals surface area contributed by atoms with Crippen molar-refractivity contribution >= 4 is 21.5 Å². The second-order valence-electron chi connectivity index (χ2n) is 9.41. The number of fused-ring (bicyclic) bond motifs is 3. The third-order valence-corrected chi connectivity index (χ3v) is 6.74. The molecule has 0 aliphatic carbocycles. The zero-order valence-electron chi connectivity index (χ0n) is 20.4. The van der Waals surface area contributed by atoms with Crippen LogP contribution in [-0.4, -0.2) is 29.6 Å². The first kappa shape index (κ1) is 24.7. The first-order valence-corrected chi connectivity index (χ1v) is 13.0. The molecule has 0 saturated heterocycles. The van der Waals surface area contributed by atoms with Crippen LogP contribution in [0.2, 0.25) is 0 Å². The molecule has 0 aliphatic heterocycles. The van der Waals surface area contributed by atoms with Gasteiger partial charge >= 0.3 is 0 Å². The summed E-state index contributed by atoms with van der Waals surface area (Å²) in [6, 6.07) is 19.4. The van der Waals surface area contributed by atoms with E-state index in [0.29, 0.717) is 0 Å². The average Bonchev–Trinajstić information content (AvgIpc) is 2.83. The zero-order chi connectivity index (χ0) is 22.6. The first-order chi connectivity index (χ1) is 15.7. The largest absolute Gasteiger partial charge is 0.387 e. The van der Waals surface area contributed by atoms with Gasteiger partial charge in [0, 0.05) is 6.54 Å². The minimum atomic E-state index is -0.440. The highest BCUT2D eigenvalue weighted by atomic mass is 16.3. The standard InChI is InChI=1S/C30H43NO/c1-3-5-7-9-13-21-31(22-14-10-8-6-4-2)24-30(32)27-20-19-26-18-17-25-15-11-12-16-28(25)29(26)23-27/h11-12,15-20,23,30,32H,3-10,13-14,21-22,24H2,1-2H3. The molecule has 0 aliphatic rings. The topological polar surface area (TPSA) is 23.5 Å². The zero-order valence-corrected chi connectivity index (χ0v) is 20.4. The van der Waals surface area contributed by atoms with Gasteiger partial charge in [0.25, 0.3) is 0 Å². The Hall–Kier alpha value is -1.90. The van der Waals surface area contributed by atoms with E-state index in [-0.39, 0.29) is 0 Å². The summed E-state index contributed by atoms with van der Waals surface area (Å²) in [5.74, 6) is 0. The molecule has 0 spiro atoms. The average molecular weight is 434 g/mol. The van der Waals surface area contributed by atoms with Crippen LogP contribution in [-0.2, 0) is 0 Å². The predicted octanol–water partition coefficient (Wildman–Crippen LogP) is 8.27. The highest BCUT2D eigenvalue weighted by molar-refractivity contribution is 6.07. The minimum Gasteiger partial charge on any atom is -0.387 e. The Bertz CT molecular complexity index is 920. The van der Waals surface area contributed by atoms with E-state index in [1.807, 2.05) is 0 Å². The predicted molar refractivity (Wildman–Crippen MR) is 140 cm³/mol. The number of hydrogen-bond donors (Lipinski definition) is 1. The lowest BCUT2D eigenvalue weighted by atomic mass is 9.98. The van der Waals surface area contributed by atoms with Gasteiger partial charge in [-0.2, -0.15) is 0 Å². The molecular formula is C30H43NO. The number of aliphatic hydroxyl groups excluding tert-OH is 1. The van der Waals surface area contributed by atoms with Crippen LogP contribution in [0.4, 0.5) is 0 Å². The molecule has 174 valence electrons. The van der Waals surface area contributed by atoms with E-state index in [2.05, 4.69) is 73.3 Å². The Balaban J connectivity index is 1.66. The van der Waals surface area contributed by atoms with Crippen molar-refractivity contribution in [3.05, 3.63) is 60.2 Å². The summed E-state index contributed by atoms with van der Waals surface area (Å²) in [5.41, 5.74) is 1.04. The Morgan fingerprint density at radius 1 is 0.656 bits per heavy atom. The Labute approximate surface area is 195 Å². The van der Waals surface area contributed by atoms with Crippen LogP contribution < -0.4 is 0 Å². The van der Waals surface area contributed by atoms with Crippen molar-refractivity contribution in [2.75, 3.05) is 19.6 Å². The van der Waals surface area contributed by atoms with Gasteiger partial charge in [-0.25, -0.2) is 0 Å². The number of aliphatic hydroxyl groups is 1. The molecular weight excluding hydrogens is 390 g/mol. The monoisotopic (exact) mass is 433 g/mol. The van der Waals surface area contributed by atoms with Gasteiger partial charge in [-0.3, -0.25) is 0 Å². The highest BCUT2D eigenvalue weighted by Crippen LogP contribution is 2.28. The van der Waals surface area contributed by atoms with Crippen molar-refractivity contribution in [2.24, 2.45) is 0 Å². The van der Waals surface area contributed by atoms with Gasteiger partial charge in [0.1, 0.15) is 0 Å². The maximum atomic E-state index is 11.2. The van der Waals surface area contributed by atoms with Crippen LogP contribution in [0.25, 0.3) is 21.5 Å². The van der Waals surface area contributed by atoms with Gasteiger partial charge in [-0.15, -0.1) is 0 Å². The second kappa shape index (κ2) is 13.6. The normalized spacial score (nSPS) is 12.8. The van der Waals surface area contributed by atoms with Gasteiger partial charge in [-0.1, -0.05) is 114 Å². The van der Waals surface area contributed by atoms with Gasteiger partial charge < -0.3 is 10.0 Å². The quantitative estimate of drug-likeness (QED) is 0.192. The summed E-state index contributed by atoms with van der Waals surface area (Å²) in [4.78, 5) is 2.51. The van der Waals surface area contributed by atoms with Crippen LogP contribution >= 0.6 is 0 Å². The van der Waals surface area contributed by atoms with Crippen molar-refractivity contribution in [1.29, 1.82) is 0 Å². The lowest BCUT2D eigenvalue weighted by Gasteiger charge is -2.25. The smallest absolute Gasteiger partial charge is 0.0917 e. The molecule has 3 aromatic rings. The van der Waals surface area contributed by atoms with Gasteiger partial charge in [0.05, 0.1) is 6.10 Å². The van der Waals surface area contributed by atoms with Crippen LogP contribution in [0.5, 0.6) is 0 Å². The van der Waals surface area contributed by atoms with Crippen LogP contribution in [0.15, 0.2) is 54.6 Å². The molecule has 0 radical (unpaired) electrons. The fourth-order valence-corrected chi connectivity index (χ4v) is 4.75. The van der Waals surface area contributed by atoms with E-state index in [4.69, 9.17) is 0 Å². The van der Waals surface area contributed by atoms with Crippen molar-refractivity contribution in [1.82, 2.24) is 4.90 Å². The lowest BCUT2D eigenvalue weighted by molar-refractivity contribution is 0.110. The molecule has 1 unspecified atom stereocenters. The van der Waals surface area contributed by atoms with Crippen molar-refractivity contribution < 1.29 is 5.11 Å². The molecule has 0 amide bonds. The maximum absolute atomic E-state index is 11.2. The summed E-state index contributed by atoms with van der Waals surface area (Å²) in [6.45, 7) is 7.48. The third kappa shape index (κ3) is 7.32. The fourth-order valence-electron chi connectivity index (χ4n) is 4.75. The molecule has 1 N–H and O–H groups in total. The molecule has 0 fully saturated rings. The molecule has 0 heterocycles. The number of hydrogen-bond acceptors (Lipinski definition) is 2. The van der Waals surface area contributed by atoms with Crippen LogP contribution in [0.1, 0.15) is 89.7 Å². The molecule has 0 bridgehead atoms. The van der Waals surface area contributed by atoms with Gasteiger partial charge in [0.15, 0.2) is 0 Å². The van der Waals surface area contributed by atoms with Crippen molar-refractivity contribution in [3.63, 3.8) is 0 Å². The maximum Gasteiger partial charge on any atom is 0.0917 e. The minimum absolute atomic E-state index is 0.440. The molecule has 2 heteroatoms. The Kier molecular flexibility index (Phi) is 10.5. The third-order valence-electron chi connectivity index (χ3n) is 6.74. The van der Waals surface area contributed by atoms with E-state index < -0.39 is 6.10 Å². The molecule has 0 aromatic heterocycles. The molecule has 2 nitrogen and oxygen atoms in total. The number of rotatable bonds is 15. The summed E-state index contributed by atoms with van der Waals surface area (Å²) in [6.07, 6.45) is 12.6. The van der Waals surface area contributed by atoms with Crippen molar-refractivity contribution in [3.8, 4) is 0 Å². The first-order valence-electron chi connectivity index (χ1n) is 13.0. The van der Waals surface area contributed by atoms with E-state index >= 15 is 0 Å². The Morgan fingerprint density at radius 2 is 1.22 bits per heavy atom. The molecule has 1 atom stereocenters. The van der Waals surface area contributed by atoms with Crippen LogP contribution in [0, 0.1) is 0 Å². The molecule has 0 saturated carbocycles. The fraction of sp³-hybridized carbons (Fsp3) is 0.533. The van der Waals surface area contributed by atoms with E-state index in [0.717, 1.165) is 25.2 Å². The SMILES string of the molecule is CCCCCCCN(CCCCCCC)CC(O)c1ccc2ccc3ccccc3c2c1. The van der Waals surface area contributed by atoms with Gasteiger partial charge in [-0.05, 0) is 59.1 Å². The summed E-state index contributed by atoms with van der Waals surface area (Å²) < 4.78 is 0. The molecule has 3 aromatic carbocycles. The second-order valence-corrected chi connectivity index (χ2v) is 9.41. The van der Waals surface area contributed by atoms with E-state index in [1.165, 1.54) is 85.8 Å². The molecule has 3 rings (SSSR count). The summed E-state index contributed by atoms with van der Waals surface area (Å²) >= 11 is 0. The Morgan fingerprint density at radius 3 is 1.88 bits per heavy atom. The number of nitrogens with zero attached hydrogens (tertiary/aromatic N) is 1. The highest BCUT2D eigenvalue weighted by Gasteiger charge is 2.14. The lowest BCUT2D eigenvalue weighted by Crippen LogP contribution is -2.31. The van der Waals surface area contributed by atoms with E-state index in [9.17, 15) is 5.11 Å². The molecule has 32 heavy (non-hydrogen) atoms. The van der Waals surface area contributed by atoms with Crippen LogP contribution in [0.3, 0.4) is 0 Å². The number of benzene rings is 3. The van der Waals surface area contributed by atoms with E-state index in [1.54, 1.807) is 0 Å².